The van der Waals surface area contributed by atoms with Crippen molar-refractivity contribution in [1.82, 2.24) is 15.0 Å². The van der Waals surface area contributed by atoms with Crippen LogP contribution in [0.1, 0.15) is 0 Å². The maximum absolute atomic E-state index is 4.25. The summed E-state index contributed by atoms with van der Waals surface area (Å²) in [4.78, 5) is 12.7. The number of hydrogen-bond donors (Lipinski definition) is 0. The Bertz CT molecular complexity index is 1400. The predicted octanol–water partition coefficient (Wildman–Crippen LogP) is 9.37. The van der Waals surface area contributed by atoms with Crippen molar-refractivity contribution in [3.8, 4) is 33.8 Å². The van der Waals surface area contributed by atoms with Gasteiger partial charge in [0.25, 0.3) is 0 Å². The van der Waals surface area contributed by atoms with E-state index >= 15 is 0 Å². The minimum Gasteiger partial charge on any atom is -0.305 e. The average molecular weight is 814 g/mol. The van der Waals surface area contributed by atoms with Crippen molar-refractivity contribution in [2.24, 2.45) is 0 Å². The summed E-state index contributed by atoms with van der Waals surface area (Å²) in [6, 6.07) is 45.7. The zero-order valence-corrected chi connectivity index (χ0v) is 26.3. The first kappa shape index (κ1) is 30.3. The van der Waals surface area contributed by atoms with E-state index in [1.54, 1.807) is 12.4 Å². The largest absolute Gasteiger partial charge is 0.305 e. The first-order chi connectivity index (χ1) is 18.7. The van der Waals surface area contributed by atoms with Gasteiger partial charge in [0.1, 0.15) is 0 Å². The molecule has 0 saturated heterocycles. The molecule has 0 N–H and O–H groups in total. The molecule has 195 valence electrons. The van der Waals surface area contributed by atoms with Gasteiger partial charge in [0.05, 0.1) is 5.69 Å². The summed E-state index contributed by atoms with van der Waals surface area (Å²) in [7, 11) is 0. The fraction of sp³-hybridized carbons (Fsp3) is 0. The van der Waals surface area contributed by atoms with Crippen LogP contribution in [-0.2, 0) is 20.1 Å². The van der Waals surface area contributed by atoms with E-state index in [1.165, 1.54) is 0 Å². The van der Waals surface area contributed by atoms with E-state index in [4.69, 9.17) is 0 Å². The van der Waals surface area contributed by atoms with Crippen LogP contribution in [0, 0.1) is 12.1 Å². The van der Waals surface area contributed by atoms with Crippen LogP contribution in [0.4, 0.5) is 0 Å². The van der Waals surface area contributed by atoms with Gasteiger partial charge < -0.3 is 9.97 Å². The summed E-state index contributed by atoms with van der Waals surface area (Å²) in [6.07, 6.45) is 5.37. The molecule has 3 aromatic carbocycles. The van der Waals surface area contributed by atoms with Gasteiger partial charge in [-0.2, -0.15) is 0 Å². The smallest absolute Gasteiger partial charge is 0.0701 e. The van der Waals surface area contributed by atoms with Gasteiger partial charge in [0.2, 0.25) is 0 Å². The Morgan fingerprint density at radius 1 is 0.462 bits per heavy atom. The van der Waals surface area contributed by atoms with Crippen LogP contribution < -0.4 is 0 Å². The molecule has 0 bridgehead atoms. The molecule has 0 amide bonds. The van der Waals surface area contributed by atoms with Crippen LogP contribution in [0.5, 0.6) is 0 Å². The predicted molar refractivity (Wildman–Crippen MR) is 162 cm³/mol. The normalized spacial score (nSPS) is 9.59. The van der Waals surface area contributed by atoms with Gasteiger partial charge in [0, 0.05) is 44.3 Å². The Morgan fingerprint density at radius 2 is 0.872 bits per heavy atom. The van der Waals surface area contributed by atoms with Crippen LogP contribution in [0.2, 0.25) is 0 Å². The molecule has 6 rings (SSSR count). The van der Waals surface area contributed by atoms with E-state index in [0.717, 1.165) is 42.7 Å². The summed E-state index contributed by atoms with van der Waals surface area (Å²) in [5.74, 6) is 0. The molecule has 3 aromatic heterocycles. The van der Waals surface area contributed by atoms with E-state index in [1.807, 2.05) is 115 Å². The third kappa shape index (κ3) is 10.1. The molecule has 6 aromatic rings. The summed E-state index contributed by atoms with van der Waals surface area (Å²) >= 11 is 6.82. The third-order valence-corrected chi connectivity index (χ3v) is 6.13. The van der Waals surface area contributed by atoms with E-state index < -0.39 is 0 Å². The fourth-order valence-electron chi connectivity index (χ4n) is 3.36. The van der Waals surface area contributed by atoms with Crippen molar-refractivity contribution < 1.29 is 20.1 Å². The number of halogens is 2. The Labute approximate surface area is 260 Å². The Kier molecular flexibility index (Phi) is 12.9. The van der Waals surface area contributed by atoms with Gasteiger partial charge >= 0.3 is 0 Å². The second-order valence-electron chi connectivity index (χ2n) is 7.85. The third-order valence-electron chi connectivity index (χ3n) is 5.14. The van der Waals surface area contributed by atoms with Gasteiger partial charge in [-0.15, -0.1) is 59.7 Å². The number of rotatable bonds is 3. The van der Waals surface area contributed by atoms with Gasteiger partial charge in [-0.05, 0) is 35.7 Å². The van der Waals surface area contributed by atoms with Gasteiger partial charge in [-0.25, -0.2) is 0 Å². The van der Waals surface area contributed by atoms with E-state index in [0.29, 0.717) is 0 Å². The van der Waals surface area contributed by atoms with Crippen LogP contribution in [0.25, 0.3) is 33.8 Å². The van der Waals surface area contributed by atoms with E-state index in [9.17, 15) is 0 Å². The number of nitrogens with zero attached hydrogens (tertiary/aromatic N) is 3. The SMILES string of the molecule is Brc1cc[c-]c(-c2ccccn2)c1.Brc1cc[c-]c(-c2ccccn2)c1.[Ir].c1ccc(-c2ccccn2)cc1. The number of aromatic nitrogens is 3. The fourth-order valence-corrected chi connectivity index (χ4v) is 4.08. The number of pyridine rings is 3. The summed E-state index contributed by atoms with van der Waals surface area (Å²) in [5.41, 5.74) is 6.11. The second kappa shape index (κ2) is 16.6. The molecule has 0 aliphatic heterocycles. The Morgan fingerprint density at radius 3 is 1.26 bits per heavy atom. The maximum Gasteiger partial charge on any atom is 0.0701 e. The summed E-state index contributed by atoms with van der Waals surface area (Å²) in [5, 5.41) is 0. The molecule has 6 heteroatoms. The monoisotopic (exact) mass is 812 g/mol. The molecule has 1 radical (unpaired) electrons. The molecule has 0 spiro atoms. The zero-order chi connectivity index (χ0) is 26.4. The first-order valence-electron chi connectivity index (χ1n) is 11.8. The van der Waals surface area contributed by atoms with Crippen molar-refractivity contribution >= 4 is 31.9 Å². The van der Waals surface area contributed by atoms with Crippen molar-refractivity contribution in [1.29, 1.82) is 0 Å². The maximum atomic E-state index is 4.25. The quantitative estimate of drug-likeness (QED) is 0.167. The van der Waals surface area contributed by atoms with Crippen molar-refractivity contribution in [2.45, 2.75) is 0 Å². The average Bonchev–Trinajstić information content (AvgIpc) is 3.00. The van der Waals surface area contributed by atoms with Gasteiger partial charge in [-0.1, -0.05) is 101 Å². The molecular formula is C33H23Br2IrN3-2. The number of hydrogen-bond acceptors (Lipinski definition) is 3. The second-order valence-corrected chi connectivity index (χ2v) is 9.68. The molecule has 3 heterocycles. The van der Waals surface area contributed by atoms with Crippen LogP contribution in [0.15, 0.2) is 149 Å². The van der Waals surface area contributed by atoms with Crippen molar-refractivity contribution in [2.75, 3.05) is 0 Å². The molecule has 0 aliphatic carbocycles. The Hall–Kier alpha value is -3.28. The van der Waals surface area contributed by atoms with Crippen LogP contribution in [-0.4, -0.2) is 15.0 Å². The summed E-state index contributed by atoms with van der Waals surface area (Å²) < 4.78 is 2.10. The molecule has 0 aliphatic rings. The number of benzene rings is 3. The summed E-state index contributed by atoms with van der Waals surface area (Å²) in [6.45, 7) is 0. The van der Waals surface area contributed by atoms with Crippen molar-refractivity contribution in [3.05, 3.63) is 161 Å². The first-order valence-corrected chi connectivity index (χ1v) is 13.4. The standard InChI is InChI=1S/2C11H7BrN.C11H9N.Ir/c2*12-10-5-3-4-9(8-10)11-6-1-2-7-13-11;1-2-6-10(7-3-1)11-8-4-5-9-12-11;/h2*1-3,5-8H;1-9H;/q2*-1;;. The molecule has 3 nitrogen and oxygen atoms in total. The molecule has 0 atom stereocenters. The molecule has 0 unspecified atom stereocenters. The van der Waals surface area contributed by atoms with Crippen LogP contribution >= 0.6 is 31.9 Å². The molecular weight excluding hydrogens is 790 g/mol. The molecule has 0 saturated carbocycles. The minimum absolute atomic E-state index is 0. The van der Waals surface area contributed by atoms with E-state index in [-0.39, 0.29) is 20.1 Å². The molecule has 0 fully saturated rings. The van der Waals surface area contributed by atoms with E-state index in [2.05, 4.69) is 71.1 Å². The van der Waals surface area contributed by atoms with Crippen molar-refractivity contribution in [3.63, 3.8) is 0 Å². The zero-order valence-electron chi connectivity index (χ0n) is 20.7. The Balaban J connectivity index is 0.000000160. The van der Waals surface area contributed by atoms with Crippen LogP contribution in [0.3, 0.4) is 0 Å². The van der Waals surface area contributed by atoms with Gasteiger partial charge in [0.15, 0.2) is 0 Å². The molecule has 39 heavy (non-hydrogen) atoms. The topological polar surface area (TPSA) is 38.7 Å². The minimum atomic E-state index is 0. The van der Waals surface area contributed by atoms with Gasteiger partial charge in [-0.3, -0.25) is 4.98 Å².